The summed E-state index contributed by atoms with van der Waals surface area (Å²) in [5.74, 6) is -1.48. The van der Waals surface area contributed by atoms with E-state index in [1.165, 1.54) is 13.2 Å². The molecule has 1 aromatic carbocycles. The first-order valence-electron chi connectivity index (χ1n) is 4.70. The predicted octanol–water partition coefficient (Wildman–Crippen LogP) is 1.98. The molecule has 0 unspecified atom stereocenters. The quantitative estimate of drug-likeness (QED) is 0.572. The fourth-order valence-electron chi connectivity index (χ4n) is 1.68. The summed E-state index contributed by atoms with van der Waals surface area (Å²) in [4.78, 5) is 14.2. The summed E-state index contributed by atoms with van der Waals surface area (Å²) in [6.07, 6.45) is 0. The second-order valence-electron chi connectivity index (χ2n) is 3.56. The van der Waals surface area contributed by atoms with Crippen LogP contribution in [0.4, 0.5) is 10.1 Å². The molecule has 0 aliphatic heterocycles. The molecule has 5 heteroatoms. The molecule has 0 aliphatic carbocycles. The number of aromatic amines is 1. The number of benzene rings is 1. The summed E-state index contributed by atoms with van der Waals surface area (Å²) in [7, 11) is 1.20. The number of fused-ring (bicyclic) bond motifs is 1. The van der Waals surface area contributed by atoms with E-state index >= 15 is 0 Å². The molecule has 1 heterocycles. The van der Waals surface area contributed by atoms with Gasteiger partial charge in [0, 0.05) is 11.1 Å². The standard InChI is InChI=1S/C11H11FN2O2/c1-5-3-6-4-7(11(15)16-2)8(12)9(13)10(6)14-5/h3-4,14H,13H2,1-2H3. The zero-order valence-corrected chi connectivity index (χ0v) is 8.93. The van der Waals surface area contributed by atoms with E-state index in [0.717, 1.165) is 5.69 Å². The first-order chi connectivity index (χ1) is 7.54. The van der Waals surface area contributed by atoms with Gasteiger partial charge in [0.05, 0.1) is 23.9 Å². The van der Waals surface area contributed by atoms with Crippen LogP contribution in [0, 0.1) is 12.7 Å². The van der Waals surface area contributed by atoms with Crippen LogP contribution in [-0.2, 0) is 4.74 Å². The number of hydrogen-bond donors (Lipinski definition) is 2. The van der Waals surface area contributed by atoms with E-state index in [-0.39, 0.29) is 11.3 Å². The Kier molecular flexibility index (Phi) is 2.30. The van der Waals surface area contributed by atoms with E-state index in [1.807, 2.05) is 6.92 Å². The summed E-state index contributed by atoms with van der Waals surface area (Å²) in [5.41, 5.74) is 6.75. The number of H-pyrrole nitrogens is 1. The van der Waals surface area contributed by atoms with Gasteiger partial charge >= 0.3 is 5.97 Å². The van der Waals surface area contributed by atoms with E-state index in [1.54, 1.807) is 6.07 Å². The highest BCUT2D eigenvalue weighted by Gasteiger charge is 2.18. The van der Waals surface area contributed by atoms with Gasteiger partial charge in [-0.25, -0.2) is 9.18 Å². The molecule has 0 aliphatic rings. The lowest BCUT2D eigenvalue weighted by Gasteiger charge is -2.04. The lowest BCUT2D eigenvalue weighted by atomic mass is 10.1. The number of esters is 1. The van der Waals surface area contributed by atoms with Crippen molar-refractivity contribution in [2.45, 2.75) is 6.92 Å². The van der Waals surface area contributed by atoms with Crippen LogP contribution in [0.1, 0.15) is 16.1 Å². The fourth-order valence-corrected chi connectivity index (χ4v) is 1.68. The lowest BCUT2D eigenvalue weighted by Crippen LogP contribution is -2.07. The maximum Gasteiger partial charge on any atom is 0.340 e. The number of nitrogen functional groups attached to an aromatic ring is 1. The van der Waals surface area contributed by atoms with Gasteiger partial charge in [-0.15, -0.1) is 0 Å². The number of rotatable bonds is 1. The Morgan fingerprint density at radius 3 is 2.81 bits per heavy atom. The number of aromatic nitrogens is 1. The summed E-state index contributed by atoms with van der Waals surface area (Å²) in [6, 6.07) is 3.22. The Morgan fingerprint density at radius 2 is 2.19 bits per heavy atom. The topological polar surface area (TPSA) is 68.1 Å². The Balaban J connectivity index is 2.77. The van der Waals surface area contributed by atoms with Crippen LogP contribution in [0.25, 0.3) is 10.9 Å². The summed E-state index contributed by atoms with van der Waals surface area (Å²) < 4.78 is 18.2. The van der Waals surface area contributed by atoms with Gasteiger partial charge in [0.1, 0.15) is 0 Å². The minimum atomic E-state index is -0.749. The van der Waals surface area contributed by atoms with Crippen LogP contribution in [0.15, 0.2) is 12.1 Å². The number of halogens is 1. The number of aryl methyl sites for hydroxylation is 1. The zero-order chi connectivity index (χ0) is 11.9. The van der Waals surface area contributed by atoms with Crippen molar-refractivity contribution in [1.29, 1.82) is 0 Å². The zero-order valence-electron chi connectivity index (χ0n) is 8.93. The highest BCUT2D eigenvalue weighted by atomic mass is 19.1. The molecule has 0 spiro atoms. The molecular weight excluding hydrogens is 211 g/mol. The number of hydrogen-bond acceptors (Lipinski definition) is 3. The molecule has 0 bridgehead atoms. The Hall–Kier alpha value is -2.04. The van der Waals surface area contributed by atoms with Crippen LogP contribution in [0.5, 0.6) is 0 Å². The molecule has 0 radical (unpaired) electrons. The smallest absolute Gasteiger partial charge is 0.340 e. The number of anilines is 1. The third-order valence-corrected chi connectivity index (χ3v) is 2.43. The third-order valence-electron chi connectivity index (χ3n) is 2.43. The van der Waals surface area contributed by atoms with Crippen molar-refractivity contribution in [2.24, 2.45) is 0 Å². The number of nitrogens with one attached hydrogen (secondary N) is 1. The van der Waals surface area contributed by atoms with Crippen molar-refractivity contribution in [2.75, 3.05) is 12.8 Å². The predicted molar refractivity (Wildman–Crippen MR) is 58.7 cm³/mol. The van der Waals surface area contributed by atoms with E-state index in [2.05, 4.69) is 9.72 Å². The highest BCUT2D eigenvalue weighted by molar-refractivity contribution is 6.00. The maximum absolute atomic E-state index is 13.7. The first-order valence-corrected chi connectivity index (χ1v) is 4.70. The Morgan fingerprint density at radius 1 is 1.50 bits per heavy atom. The molecule has 1 aromatic heterocycles. The monoisotopic (exact) mass is 222 g/mol. The average Bonchev–Trinajstić information content (AvgIpc) is 2.63. The van der Waals surface area contributed by atoms with Gasteiger partial charge in [0.2, 0.25) is 0 Å². The average molecular weight is 222 g/mol. The van der Waals surface area contributed by atoms with Crippen LogP contribution in [-0.4, -0.2) is 18.1 Å². The molecule has 2 aromatic rings. The molecule has 0 saturated carbocycles. The van der Waals surface area contributed by atoms with Gasteiger partial charge < -0.3 is 15.5 Å². The molecule has 0 atom stereocenters. The number of nitrogens with two attached hydrogens (primary N) is 1. The molecule has 16 heavy (non-hydrogen) atoms. The molecule has 2 rings (SSSR count). The van der Waals surface area contributed by atoms with Crippen molar-refractivity contribution in [1.82, 2.24) is 4.98 Å². The molecule has 4 nitrogen and oxygen atoms in total. The minimum Gasteiger partial charge on any atom is -0.465 e. The van der Waals surface area contributed by atoms with Gasteiger partial charge in [-0.2, -0.15) is 0 Å². The van der Waals surface area contributed by atoms with Crippen molar-refractivity contribution in [3.05, 3.63) is 29.2 Å². The highest BCUT2D eigenvalue weighted by Crippen LogP contribution is 2.27. The number of carbonyl (C=O) groups is 1. The molecule has 0 saturated heterocycles. The summed E-state index contributed by atoms with van der Waals surface area (Å²) >= 11 is 0. The SMILES string of the molecule is COC(=O)c1cc2cc(C)[nH]c2c(N)c1F. The van der Waals surface area contributed by atoms with Gasteiger partial charge in [-0.05, 0) is 19.1 Å². The van der Waals surface area contributed by atoms with Crippen LogP contribution < -0.4 is 5.73 Å². The van der Waals surface area contributed by atoms with Crippen LogP contribution in [0.3, 0.4) is 0 Å². The fraction of sp³-hybridized carbons (Fsp3) is 0.182. The van der Waals surface area contributed by atoms with Gasteiger partial charge in [-0.1, -0.05) is 0 Å². The third kappa shape index (κ3) is 1.41. The van der Waals surface area contributed by atoms with Crippen LogP contribution >= 0.6 is 0 Å². The summed E-state index contributed by atoms with van der Waals surface area (Å²) in [6.45, 7) is 1.83. The largest absolute Gasteiger partial charge is 0.465 e. The molecule has 3 N–H and O–H groups in total. The van der Waals surface area contributed by atoms with Gasteiger partial charge in [-0.3, -0.25) is 0 Å². The van der Waals surface area contributed by atoms with Crippen molar-refractivity contribution >= 4 is 22.6 Å². The lowest BCUT2D eigenvalue weighted by molar-refractivity contribution is 0.0596. The van der Waals surface area contributed by atoms with Crippen molar-refractivity contribution in [3.63, 3.8) is 0 Å². The molecule has 0 amide bonds. The number of carbonyl (C=O) groups excluding carboxylic acids is 1. The maximum atomic E-state index is 13.7. The van der Waals surface area contributed by atoms with E-state index in [0.29, 0.717) is 10.9 Å². The normalized spacial score (nSPS) is 10.7. The molecule has 0 fully saturated rings. The number of methoxy groups -OCH3 is 1. The van der Waals surface area contributed by atoms with Gasteiger partial charge in [0.15, 0.2) is 5.82 Å². The second kappa shape index (κ2) is 3.52. The van der Waals surface area contributed by atoms with Crippen molar-refractivity contribution < 1.29 is 13.9 Å². The number of ether oxygens (including phenoxy) is 1. The second-order valence-corrected chi connectivity index (χ2v) is 3.56. The van der Waals surface area contributed by atoms with E-state index in [9.17, 15) is 9.18 Å². The van der Waals surface area contributed by atoms with Crippen LogP contribution in [0.2, 0.25) is 0 Å². The van der Waals surface area contributed by atoms with Crippen molar-refractivity contribution in [3.8, 4) is 0 Å². The van der Waals surface area contributed by atoms with Gasteiger partial charge in [0.25, 0.3) is 0 Å². The molecular formula is C11H11FN2O2. The Bertz CT molecular complexity index is 575. The minimum absolute atomic E-state index is 0.0639. The van der Waals surface area contributed by atoms with E-state index in [4.69, 9.17) is 5.73 Å². The molecule has 84 valence electrons. The van der Waals surface area contributed by atoms with E-state index < -0.39 is 11.8 Å². The summed E-state index contributed by atoms with van der Waals surface area (Å²) in [5, 5.41) is 0.691. The first kappa shape index (κ1) is 10.5. The Labute approximate surface area is 91.2 Å².